The average molecular weight is 397 g/mol. The van der Waals surface area contributed by atoms with Crippen LogP contribution >= 0.6 is 0 Å². The number of aryl methyl sites for hydroxylation is 1. The summed E-state index contributed by atoms with van der Waals surface area (Å²) in [5.41, 5.74) is 5.01. The van der Waals surface area contributed by atoms with E-state index in [0.29, 0.717) is 17.7 Å². The van der Waals surface area contributed by atoms with E-state index in [1.54, 1.807) is 24.3 Å². The number of carbonyl (C=O) groups excluding carboxylic acids is 2. The second kappa shape index (κ2) is 8.66. The van der Waals surface area contributed by atoms with Gasteiger partial charge in [-0.25, -0.2) is 0 Å². The smallest absolute Gasteiger partial charge is 0.255 e. The van der Waals surface area contributed by atoms with Crippen LogP contribution in [0.4, 0.5) is 5.69 Å². The van der Waals surface area contributed by atoms with Gasteiger partial charge in [-0.1, -0.05) is 42.0 Å². The fourth-order valence-corrected chi connectivity index (χ4v) is 3.39. The van der Waals surface area contributed by atoms with Crippen LogP contribution in [0.5, 0.6) is 0 Å². The first kappa shape index (κ1) is 19.5. The van der Waals surface area contributed by atoms with Crippen molar-refractivity contribution in [2.24, 2.45) is 0 Å². The number of aromatic nitrogens is 1. The van der Waals surface area contributed by atoms with Crippen molar-refractivity contribution in [1.29, 1.82) is 0 Å². The monoisotopic (exact) mass is 397 g/mol. The zero-order valence-electron chi connectivity index (χ0n) is 16.7. The first-order valence-corrected chi connectivity index (χ1v) is 9.91. The number of carbonyl (C=O) groups is 2. The summed E-state index contributed by atoms with van der Waals surface area (Å²) in [6, 6.07) is 22.4. The van der Waals surface area contributed by atoms with Gasteiger partial charge in [0, 0.05) is 40.5 Å². The Bertz CT molecular complexity index is 1190. The largest absolute Gasteiger partial charge is 0.361 e. The number of fused-ring (bicyclic) bond motifs is 1. The number of hydrogen-bond acceptors (Lipinski definition) is 2. The van der Waals surface area contributed by atoms with Crippen molar-refractivity contribution in [3.8, 4) is 0 Å². The van der Waals surface area contributed by atoms with E-state index in [9.17, 15) is 9.59 Å². The molecular formula is C25H23N3O2. The fraction of sp³-hybridized carbons (Fsp3) is 0.120. The van der Waals surface area contributed by atoms with Gasteiger partial charge in [-0.15, -0.1) is 0 Å². The zero-order valence-corrected chi connectivity index (χ0v) is 16.7. The third-order valence-corrected chi connectivity index (χ3v) is 5.05. The normalized spacial score (nSPS) is 10.7. The van der Waals surface area contributed by atoms with Gasteiger partial charge in [0.15, 0.2) is 0 Å². The van der Waals surface area contributed by atoms with Gasteiger partial charge in [0.05, 0.1) is 0 Å². The number of amides is 2. The molecule has 4 rings (SSSR count). The molecule has 0 aliphatic heterocycles. The van der Waals surface area contributed by atoms with Crippen LogP contribution in [-0.4, -0.2) is 23.3 Å². The van der Waals surface area contributed by atoms with Gasteiger partial charge >= 0.3 is 0 Å². The Labute approximate surface area is 175 Å². The maximum absolute atomic E-state index is 12.6. The summed E-state index contributed by atoms with van der Waals surface area (Å²) in [5, 5.41) is 6.96. The first-order valence-electron chi connectivity index (χ1n) is 9.91. The number of benzene rings is 3. The van der Waals surface area contributed by atoms with Gasteiger partial charge in [-0.05, 0) is 55.3 Å². The van der Waals surface area contributed by atoms with E-state index in [2.05, 4.69) is 21.7 Å². The molecule has 0 fully saturated rings. The highest BCUT2D eigenvalue weighted by atomic mass is 16.2. The van der Waals surface area contributed by atoms with Gasteiger partial charge in [-0.3, -0.25) is 9.59 Å². The molecule has 150 valence electrons. The van der Waals surface area contributed by atoms with Crippen molar-refractivity contribution in [3.05, 3.63) is 101 Å². The summed E-state index contributed by atoms with van der Waals surface area (Å²) in [5.74, 6) is -0.438. The summed E-state index contributed by atoms with van der Waals surface area (Å²) >= 11 is 0. The lowest BCUT2D eigenvalue weighted by atomic mass is 10.1. The number of rotatable bonds is 6. The average Bonchev–Trinajstić information content (AvgIpc) is 3.18. The summed E-state index contributed by atoms with van der Waals surface area (Å²) in [7, 11) is 0. The van der Waals surface area contributed by atoms with Crippen LogP contribution in [0.2, 0.25) is 0 Å². The Morgan fingerprint density at radius 2 is 1.60 bits per heavy atom. The van der Waals surface area contributed by atoms with E-state index in [-0.39, 0.29) is 11.8 Å². The quantitative estimate of drug-likeness (QED) is 0.441. The topological polar surface area (TPSA) is 74.0 Å². The van der Waals surface area contributed by atoms with Gasteiger partial charge in [0.2, 0.25) is 0 Å². The lowest BCUT2D eigenvalue weighted by molar-refractivity contribution is 0.0954. The highest BCUT2D eigenvalue weighted by Gasteiger charge is 2.11. The van der Waals surface area contributed by atoms with Gasteiger partial charge in [0.1, 0.15) is 0 Å². The van der Waals surface area contributed by atoms with Crippen LogP contribution in [0.25, 0.3) is 10.9 Å². The zero-order chi connectivity index (χ0) is 20.9. The van der Waals surface area contributed by atoms with Crippen molar-refractivity contribution < 1.29 is 9.59 Å². The third-order valence-electron chi connectivity index (χ3n) is 5.05. The fourth-order valence-electron chi connectivity index (χ4n) is 3.39. The standard InChI is InChI=1S/C25H23N3O2/c1-17-9-11-21(12-10-17)28-25(30)19-6-4-5-18(15-19)24(29)26-14-13-20-16-27-23-8-3-2-7-22(20)23/h2-12,15-16,27H,13-14H2,1H3,(H,26,29)(H,28,30). The molecule has 0 bridgehead atoms. The minimum atomic E-state index is -0.243. The van der Waals surface area contributed by atoms with Crippen LogP contribution in [0.15, 0.2) is 79.0 Å². The number of para-hydroxylation sites is 1. The molecule has 1 aromatic heterocycles. The molecule has 5 heteroatoms. The Kier molecular flexibility index (Phi) is 5.61. The van der Waals surface area contributed by atoms with E-state index in [0.717, 1.165) is 28.8 Å². The van der Waals surface area contributed by atoms with Gasteiger partial charge in [-0.2, -0.15) is 0 Å². The van der Waals surface area contributed by atoms with Crippen molar-refractivity contribution in [1.82, 2.24) is 10.3 Å². The summed E-state index contributed by atoms with van der Waals surface area (Å²) < 4.78 is 0. The number of aromatic amines is 1. The molecule has 0 saturated carbocycles. The Morgan fingerprint density at radius 1 is 0.867 bits per heavy atom. The van der Waals surface area contributed by atoms with Crippen molar-refractivity contribution >= 4 is 28.4 Å². The lowest BCUT2D eigenvalue weighted by Gasteiger charge is -2.08. The van der Waals surface area contributed by atoms with Crippen molar-refractivity contribution in [2.45, 2.75) is 13.3 Å². The molecule has 4 aromatic rings. The molecule has 2 amide bonds. The molecule has 30 heavy (non-hydrogen) atoms. The molecule has 0 aliphatic rings. The molecule has 0 saturated heterocycles. The second-order valence-corrected chi connectivity index (χ2v) is 7.27. The minimum absolute atomic E-state index is 0.195. The van der Waals surface area contributed by atoms with E-state index in [1.165, 1.54) is 5.39 Å². The van der Waals surface area contributed by atoms with Crippen molar-refractivity contribution in [3.63, 3.8) is 0 Å². The Morgan fingerprint density at radius 3 is 2.40 bits per heavy atom. The van der Waals surface area contributed by atoms with Crippen LogP contribution < -0.4 is 10.6 Å². The first-order chi connectivity index (χ1) is 14.6. The highest BCUT2D eigenvalue weighted by Crippen LogP contribution is 2.18. The molecular weight excluding hydrogens is 374 g/mol. The maximum atomic E-state index is 12.6. The van der Waals surface area contributed by atoms with Crippen LogP contribution in [0.3, 0.4) is 0 Å². The van der Waals surface area contributed by atoms with Gasteiger partial charge in [0.25, 0.3) is 11.8 Å². The summed E-state index contributed by atoms with van der Waals surface area (Å²) in [6.07, 6.45) is 2.70. The molecule has 5 nitrogen and oxygen atoms in total. The molecule has 0 unspecified atom stereocenters. The van der Waals surface area contributed by atoms with Crippen LogP contribution in [0, 0.1) is 6.92 Å². The number of nitrogens with one attached hydrogen (secondary N) is 3. The number of anilines is 1. The SMILES string of the molecule is Cc1ccc(NC(=O)c2cccc(C(=O)NCCc3c[nH]c4ccccc34)c2)cc1. The number of hydrogen-bond donors (Lipinski definition) is 3. The molecule has 0 atom stereocenters. The van der Waals surface area contributed by atoms with Crippen LogP contribution in [0.1, 0.15) is 31.8 Å². The number of H-pyrrole nitrogens is 1. The predicted molar refractivity (Wildman–Crippen MR) is 120 cm³/mol. The van der Waals surface area contributed by atoms with E-state index in [4.69, 9.17) is 0 Å². The minimum Gasteiger partial charge on any atom is -0.361 e. The molecule has 0 spiro atoms. The van der Waals surface area contributed by atoms with E-state index in [1.807, 2.05) is 55.6 Å². The van der Waals surface area contributed by atoms with E-state index >= 15 is 0 Å². The Hall–Kier alpha value is -3.86. The van der Waals surface area contributed by atoms with Crippen molar-refractivity contribution in [2.75, 3.05) is 11.9 Å². The summed E-state index contributed by atoms with van der Waals surface area (Å²) in [6.45, 7) is 2.51. The second-order valence-electron chi connectivity index (χ2n) is 7.27. The molecule has 3 aromatic carbocycles. The van der Waals surface area contributed by atoms with Gasteiger partial charge < -0.3 is 15.6 Å². The maximum Gasteiger partial charge on any atom is 0.255 e. The molecule has 1 heterocycles. The molecule has 0 radical (unpaired) electrons. The van der Waals surface area contributed by atoms with E-state index < -0.39 is 0 Å². The molecule has 0 aliphatic carbocycles. The third kappa shape index (κ3) is 4.41. The molecule has 3 N–H and O–H groups in total. The van der Waals surface area contributed by atoms with Crippen LogP contribution in [-0.2, 0) is 6.42 Å². The predicted octanol–water partition coefficient (Wildman–Crippen LogP) is 4.70. The Balaban J connectivity index is 1.37. The summed E-state index contributed by atoms with van der Waals surface area (Å²) in [4.78, 5) is 28.3. The highest BCUT2D eigenvalue weighted by molar-refractivity contribution is 6.06. The lowest BCUT2D eigenvalue weighted by Crippen LogP contribution is -2.26.